The van der Waals surface area contributed by atoms with Gasteiger partial charge in [-0.05, 0) is 51.5 Å². The van der Waals surface area contributed by atoms with E-state index in [2.05, 4.69) is 15.9 Å². The molecule has 17 heavy (non-hydrogen) atoms. The van der Waals surface area contributed by atoms with Crippen LogP contribution >= 0.6 is 27.3 Å². The quantitative estimate of drug-likeness (QED) is 0.905. The Morgan fingerprint density at radius 2 is 2.18 bits per heavy atom. The van der Waals surface area contributed by atoms with E-state index in [0.29, 0.717) is 0 Å². The van der Waals surface area contributed by atoms with E-state index in [4.69, 9.17) is 0 Å². The maximum absolute atomic E-state index is 13.1. The van der Waals surface area contributed by atoms with E-state index in [9.17, 15) is 9.50 Å². The Labute approximate surface area is 112 Å². The second kappa shape index (κ2) is 5.76. The summed E-state index contributed by atoms with van der Waals surface area (Å²) in [5.41, 5.74) is 0.841. The van der Waals surface area contributed by atoms with Gasteiger partial charge in [0.2, 0.25) is 0 Å². The van der Waals surface area contributed by atoms with Gasteiger partial charge >= 0.3 is 0 Å². The smallest absolute Gasteiger partial charge is 0.123 e. The Hall–Kier alpha value is -0.710. The molecule has 1 N–H and O–H groups in total. The van der Waals surface area contributed by atoms with Crippen LogP contribution in [-0.2, 0) is 6.42 Å². The SMILES string of the molecule is OCC(Cc1sccc1Br)c1cccc(F)c1. The molecule has 2 rings (SSSR count). The van der Waals surface area contributed by atoms with Crippen LogP contribution in [0.25, 0.3) is 0 Å². The molecule has 1 nitrogen and oxygen atoms in total. The first-order chi connectivity index (χ1) is 8.20. The Kier molecular flexibility index (Phi) is 4.31. The Bertz CT molecular complexity index is 498. The zero-order valence-electron chi connectivity index (χ0n) is 9.07. The van der Waals surface area contributed by atoms with Gasteiger partial charge in [0.25, 0.3) is 0 Å². The molecule has 2 aromatic rings. The van der Waals surface area contributed by atoms with Crippen LogP contribution in [0.3, 0.4) is 0 Å². The van der Waals surface area contributed by atoms with Crippen molar-refractivity contribution in [3.05, 3.63) is 56.4 Å². The standard InChI is InChI=1S/C13H12BrFOS/c14-12-4-5-17-13(12)7-10(8-16)9-2-1-3-11(15)6-9/h1-6,10,16H,7-8H2. The molecule has 90 valence electrons. The van der Waals surface area contributed by atoms with Crippen LogP contribution in [-0.4, -0.2) is 11.7 Å². The number of rotatable bonds is 4. The van der Waals surface area contributed by atoms with Gasteiger partial charge in [-0.15, -0.1) is 11.3 Å². The second-order valence-corrected chi connectivity index (χ2v) is 5.69. The van der Waals surface area contributed by atoms with Crippen LogP contribution in [0.1, 0.15) is 16.4 Å². The summed E-state index contributed by atoms with van der Waals surface area (Å²) in [5.74, 6) is -0.313. The van der Waals surface area contributed by atoms with E-state index >= 15 is 0 Å². The molecule has 0 aliphatic carbocycles. The average molecular weight is 315 g/mol. The number of hydrogen-bond donors (Lipinski definition) is 1. The minimum atomic E-state index is -0.258. The molecule has 1 aromatic carbocycles. The molecular weight excluding hydrogens is 303 g/mol. The van der Waals surface area contributed by atoms with Crippen molar-refractivity contribution in [1.82, 2.24) is 0 Å². The molecule has 0 bridgehead atoms. The predicted molar refractivity (Wildman–Crippen MR) is 71.9 cm³/mol. The largest absolute Gasteiger partial charge is 0.396 e. The fourth-order valence-corrected chi connectivity index (χ4v) is 3.34. The monoisotopic (exact) mass is 314 g/mol. The molecule has 1 heterocycles. The number of aliphatic hydroxyl groups is 1. The van der Waals surface area contributed by atoms with E-state index < -0.39 is 0 Å². The van der Waals surface area contributed by atoms with Crippen molar-refractivity contribution in [2.24, 2.45) is 0 Å². The second-order valence-electron chi connectivity index (χ2n) is 3.83. The molecule has 1 unspecified atom stereocenters. The highest BCUT2D eigenvalue weighted by Gasteiger charge is 2.14. The molecule has 0 aliphatic rings. The van der Waals surface area contributed by atoms with E-state index in [0.717, 1.165) is 16.5 Å². The van der Waals surface area contributed by atoms with Crippen molar-refractivity contribution in [1.29, 1.82) is 0 Å². The third kappa shape index (κ3) is 3.15. The molecule has 0 saturated heterocycles. The third-order valence-corrected chi connectivity index (χ3v) is 4.61. The summed E-state index contributed by atoms with van der Waals surface area (Å²) in [5, 5.41) is 11.4. The summed E-state index contributed by atoms with van der Waals surface area (Å²) in [6.45, 7) is 0.0216. The van der Waals surface area contributed by atoms with Crippen molar-refractivity contribution in [2.45, 2.75) is 12.3 Å². The fourth-order valence-electron chi connectivity index (χ4n) is 1.74. The predicted octanol–water partition coefficient (Wildman–Crippen LogP) is 3.97. The van der Waals surface area contributed by atoms with Gasteiger partial charge in [0.05, 0.1) is 6.61 Å². The minimum Gasteiger partial charge on any atom is -0.396 e. The van der Waals surface area contributed by atoms with Crippen LogP contribution in [0.5, 0.6) is 0 Å². The highest BCUT2D eigenvalue weighted by atomic mass is 79.9. The molecule has 0 spiro atoms. The van der Waals surface area contributed by atoms with Crippen molar-refractivity contribution in [3.8, 4) is 0 Å². The highest BCUT2D eigenvalue weighted by molar-refractivity contribution is 9.10. The van der Waals surface area contributed by atoms with E-state index in [1.165, 1.54) is 17.0 Å². The number of halogens is 2. The summed E-state index contributed by atoms with van der Waals surface area (Å²) in [7, 11) is 0. The molecular formula is C13H12BrFOS. The highest BCUT2D eigenvalue weighted by Crippen LogP contribution is 2.29. The summed E-state index contributed by atoms with van der Waals surface area (Å²) < 4.78 is 14.2. The molecule has 0 amide bonds. The molecule has 0 aliphatic heterocycles. The van der Waals surface area contributed by atoms with Gasteiger partial charge in [0.15, 0.2) is 0 Å². The first-order valence-electron chi connectivity index (χ1n) is 5.29. The number of thiophene rings is 1. The Morgan fingerprint density at radius 1 is 1.35 bits per heavy atom. The lowest BCUT2D eigenvalue weighted by Gasteiger charge is -2.14. The Balaban J connectivity index is 2.20. The normalized spacial score (nSPS) is 12.6. The Morgan fingerprint density at radius 3 is 2.76 bits per heavy atom. The lowest BCUT2D eigenvalue weighted by atomic mass is 9.96. The molecule has 4 heteroatoms. The molecule has 0 saturated carbocycles. The lowest BCUT2D eigenvalue weighted by Crippen LogP contribution is -2.07. The third-order valence-electron chi connectivity index (χ3n) is 2.66. The fraction of sp³-hybridized carbons (Fsp3) is 0.231. The first kappa shape index (κ1) is 12.7. The first-order valence-corrected chi connectivity index (χ1v) is 6.96. The zero-order chi connectivity index (χ0) is 12.3. The summed E-state index contributed by atoms with van der Waals surface area (Å²) in [4.78, 5) is 1.17. The van der Waals surface area contributed by atoms with E-state index in [1.54, 1.807) is 17.4 Å². The van der Waals surface area contributed by atoms with Crippen molar-refractivity contribution in [3.63, 3.8) is 0 Å². The van der Waals surface area contributed by atoms with Crippen LogP contribution < -0.4 is 0 Å². The van der Waals surface area contributed by atoms with Gasteiger partial charge in [0.1, 0.15) is 5.82 Å². The molecule has 1 atom stereocenters. The van der Waals surface area contributed by atoms with Gasteiger partial charge in [-0.2, -0.15) is 0 Å². The maximum Gasteiger partial charge on any atom is 0.123 e. The number of benzene rings is 1. The summed E-state index contributed by atoms with van der Waals surface area (Å²) in [6.07, 6.45) is 0.720. The van der Waals surface area contributed by atoms with Crippen LogP contribution in [0.4, 0.5) is 4.39 Å². The van der Waals surface area contributed by atoms with Crippen molar-refractivity contribution in [2.75, 3.05) is 6.61 Å². The van der Waals surface area contributed by atoms with Crippen molar-refractivity contribution < 1.29 is 9.50 Å². The summed E-state index contributed by atoms with van der Waals surface area (Å²) >= 11 is 5.11. The molecule has 0 radical (unpaired) electrons. The van der Waals surface area contributed by atoms with Gasteiger partial charge < -0.3 is 5.11 Å². The van der Waals surface area contributed by atoms with Crippen molar-refractivity contribution >= 4 is 27.3 Å². The number of aliphatic hydroxyl groups excluding tert-OH is 1. The van der Waals surface area contributed by atoms with E-state index in [1.807, 2.05) is 17.5 Å². The lowest BCUT2D eigenvalue weighted by molar-refractivity contribution is 0.264. The van der Waals surface area contributed by atoms with E-state index in [-0.39, 0.29) is 18.3 Å². The summed E-state index contributed by atoms with van der Waals surface area (Å²) in [6, 6.07) is 8.42. The topological polar surface area (TPSA) is 20.2 Å². The van der Waals surface area contributed by atoms with Gasteiger partial charge in [0, 0.05) is 15.3 Å². The average Bonchev–Trinajstić information content (AvgIpc) is 2.71. The zero-order valence-corrected chi connectivity index (χ0v) is 11.5. The maximum atomic E-state index is 13.1. The minimum absolute atomic E-state index is 0.0216. The molecule has 1 aromatic heterocycles. The van der Waals surface area contributed by atoms with Crippen LogP contribution in [0.15, 0.2) is 40.2 Å². The van der Waals surface area contributed by atoms with Gasteiger partial charge in [-0.3, -0.25) is 0 Å². The van der Waals surface area contributed by atoms with Crippen LogP contribution in [0, 0.1) is 5.82 Å². The van der Waals surface area contributed by atoms with Gasteiger partial charge in [-0.1, -0.05) is 12.1 Å². The number of hydrogen-bond acceptors (Lipinski definition) is 2. The van der Waals surface area contributed by atoms with Crippen LogP contribution in [0.2, 0.25) is 0 Å². The van der Waals surface area contributed by atoms with Gasteiger partial charge in [-0.25, -0.2) is 4.39 Å². The molecule has 0 fully saturated rings.